The minimum Gasteiger partial charge on any atom is -0.458 e. The molecule has 0 saturated carbocycles. The Morgan fingerprint density at radius 3 is 1.72 bits per heavy atom. The predicted molar refractivity (Wildman–Crippen MR) is 248 cm³/mol. The Morgan fingerprint density at radius 2 is 0.966 bits per heavy atom. The lowest BCUT2D eigenvalue weighted by molar-refractivity contribution is 0.487. The van der Waals surface area contributed by atoms with Crippen LogP contribution in [0.15, 0.2) is 212 Å². The number of hydrogen-bond donors (Lipinski definition) is 0. The first-order valence-corrected chi connectivity index (χ1v) is 22.6. The van der Waals surface area contributed by atoms with Gasteiger partial charge in [0.15, 0.2) is 8.07 Å². The number of rotatable bonds is 5. The van der Waals surface area contributed by atoms with Crippen LogP contribution in [0.5, 0.6) is 11.5 Å². The van der Waals surface area contributed by atoms with E-state index in [2.05, 4.69) is 217 Å². The van der Waals surface area contributed by atoms with Crippen LogP contribution in [0.1, 0.15) is 0 Å². The predicted octanol–water partition coefficient (Wildman–Crippen LogP) is 12.0. The van der Waals surface area contributed by atoms with E-state index in [-0.39, 0.29) is 0 Å². The van der Waals surface area contributed by atoms with E-state index in [4.69, 9.17) is 4.74 Å². The molecule has 0 N–H and O–H groups in total. The summed E-state index contributed by atoms with van der Waals surface area (Å²) in [5, 5.41) is 10.3. The van der Waals surface area contributed by atoms with Crippen LogP contribution in [0.3, 0.4) is 0 Å². The molecule has 11 aromatic rings. The van der Waals surface area contributed by atoms with Crippen molar-refractivity contribution in [3.05, 3.63) is 212 Å². The number of thiophene rings is 1. The van der Waals surface area contributed by atoms with Crippen molar-refractivity contribution in [2.24, 2.45) is 0 Å². The number of nitrogens with zero attached hydrogens (tertiary/aromatic N) is 1. The summed E-state index contributed by atoms with van der Waals surface area (Å²) in [4.78, 5) is 0. The average Bonchev–Trinajstić information content (AvgIpc) is 3.85. The third kappa shape index (κ3) is 4.89. The third-order valence-corrected chi connectivity index (χ3v) is 18.2. The first-order valence-electron chi connectivity index (χ1n) is 19.8. The minimum atomic E-state index is -2.96. The Morgan fingerprint density at radius 1 is 0.397 bits per heavy atom. The van der Waals surface area contributed by atoms with Gasteiger partial charge in [0.2, 0.25) is 0 Å². The summed E-state index contributed by atoms with van der Waals surface area (Å²) < 4.78 is 12.0. The van der Waals surface area contributed by atoms with Gasteiger partial charge in [0, 0.05) is 36.6 Å². The summed E-state index contributed by atoms with van der Waals surface area (Å²) in [5.74, 6) is 1.86. The summed E-state index contributed by atoms with van der Waals surface area (Å²) in [6.45, 7) is 0. The van der Waals surface area contributed by atoms with Gasteiger partial charge in [-0.1, -0.05) is 164 Å². The Labute approximate surface area is 341 Å². The number of benzene rings is 9. The number of aromatic nitrogens is 1. The Bertz CT molecular complexity index is 3310. The van der Waals surface area contributed by atoms with Crippen LogP contribution in [-0.4, -0.2) is 12.6 Å². The van der Waals surface area contributed by atoms with Gasteiger partial charge in [0.05, 0.1) is 11.0 Å². The second kappa shape index (κ2) is 13.0. The zero-order valence-electron chi connectivity index (χ0n) is 31.5. The van der Waals surface area contributed by atoms with E-state index in [1.165, 1.54) is 79.4 Å². The highest BCUT2D eigenvalue weighted by Crippen LogP contribution is 2.41. The number of para-hydroxylation sites is 3. The number of ether oxygens (including phenoxy) is 1. The van der Waals surface area contributed by atoms with Gasteiger partial charge in [-0.05, 0) is 91.5 Å². The quantitative estimate of drug-likeness (QED) is 0.159. The molecule has 58 heavy (non-hydrogen) atoms. The first-order chi connectivity index (χ1) is 28.8. The fraction of sp³-hybridized carbons (Fsp3) is 0. The van der Waals surface area contributed by atoms with Crippen molar-refractivity contribution < 1.29 is 4.74 Å². The van der Waals surface area contributed by atoms with Gasteiger partial charge in [-0.15, -0.1) is 11.3 Å². The van der Waals surface area contributed by atoms with Crippen LogP contribution in [-0.2, 0) is 0 Å². The molecule has 2 nitrogen and oxygen atoms in total. The van der Waals surface area contributed by atoms with Crippen LogP contribution < -0.4 is 25.5 Å². The lowest BCUT2D eigenvalue weighted by Crippen LogP contribution is -2.76. The van der Waals surface area contributed by atoms with Gasteiger partial charge in [0.25, 0.3) is 0 Å². The lowest BCUT2D eigenvalue weighted by atomic mass is 9.99. The van der Waals surface area contributed by atoms with Gasteiger partial charge in [-0.25, -0.2) is 0 Å². The molecule has 0 fully saturated rings. The number of fused-ring (bicyclic) bond motifs is 8. The van der Waals surface area contributed by atoms with Crippen molar-refractivity contribution in [2.75, 3.05) is 0 Å². The molecule has 1 aliphatic rings. The minimum absolute atomic E-state index is 0.927. The van der Waals surface area contributed by atoms with E-state index in [9.17, 15) is 0 Å². The zero-order chi connectivity index (χ0) is 38.2. The van der Waals surface area contributed by atoms with Crippen LogP contribution in [0.4, 0.5) is 0 Å². The summed E-state index contributed by atoms with van der Waals surface area (Å²) in [6, 6.07) is 78.2. The molecule has 12 rings (SSSR count). The average molecular weight is 774 g/mol. The SMILES string of the molecule is c1ccc(-c2ccc([Si]3(c4ccc(-n5c6ccccc6c6ccccc65)cc4)c4ccccc4Oc4cc(-c5cccc6sc7ccccc7c56)ccc43)cc2)cc1. The van der Waals surface area contributed by atoms with Crippen molar-refractivity contribution >= 4 is 82.1 Å². The van der Waals surface area contributed by atoms with E-state index in [1.54, 1.807) is 0 Å². The van der Waals surface area contributed by atoms with Crippen molar-refractivity contribution in [3.63, 3.8) is 0 Å². The maximum atomic E-state index is 7.02. The molecule has 0 spiro atoms. The van der Waals surface area contributed by atoms with E-state index in [0.717, 1.165) is 22.7 Å². The molecule has 1 unspecified atom stereocenters. The summed E-state index contributed by atoms with van der Waals surface area (Å²) in [7, 11) is -2.96. The fourth-order valence-corrected chi connectivity index (χ4v) is 15.6. The normalized spacial score (nSPS) is 14.8. The van der Waals surface area contributed by atoms with Crippen molar-refractivity contribution in [1.29, 1.82) is 0 Å². The van der Waals surface area contributed by atoms with Crippen molar-refractivity contribution in [3.8, 4) is 39.4 Å². The van der Waals surface area contributed by atoms with Crippen molar-refractivity contribution in [2.45, 2.75) is 0 Å². The van der Waals surface area contributed by atoms with Crippen LogP contribution in [0.25, 0.3) is 69.9 Å². The topological polar surface area (TPSA) is 14.2 Å². The standard InChI is InChI=1S/C54H35NOSSi/c1-2-13-36(14-3-1)37-25-30-40(31-26-37)58(41-32-28-39(29-33-41)55-46-19-7-4-15-43(46)44-16-5-8-20-47(44)55)52-24-11-9-21-48(52)56-49-35-38(27-34-53(49)58)42-18-12-23-51-54(42)45-17-6-10-22-50(45)57-51/h1-35H. The molecule has 0 amide bonds. The molecule has 272 valence electrons. The monoisotopic (exact) mass is 773 g/mol. The van der Waals surface area contributed by atoms with Crippen LogP contribution >= 0.6 is 11.3 Å². The summed E-state index contributed by atoms with van der Waals surface area (Å²) in [6.07, 6.45) is 0. The van der Waals surface area contributed by atoms with E-state index in [1.807, 2.05) is 11.3 Å². The Kier molecular flexibility index (Phi) is 7.46. The van der Waals surface area contributed by atoms with Gasteiger partial charge in [0.1, 0.15) is 11.5 Å². The highest BCUT2D eigenvalue weighted by molar-refractivity contribution is 7.26. The van der Waals surface area contributed by atoms with Crippen LogP contribution in [0, 0.1) is 0 Å². The molecule has 9 aromatic carbocycles. The molecule has 0 bridgehead atoms. The molecule has 0 radical (unpaired) electrons. The van der Waals surface area contributed by atoms with E-state index < -0.39 is 8.07 Å². The largest absolute Gasteiger partial charge is 0.458 e. The smallest absolute Gasteiger partial charge is 0.188 e. The highest BCUT2D eigenvalue weighted by Gasteiger charge is 2.48. The molecule has 0 saturated heterocycles. The van der Waals surface area contributed by atoms with Gasteiger partial charge in [-0.3, -0.25) is 0 Å². The maximum absolute atomic E-state index is 7.02. The highest BCUT2D eigenvalue weighted by atomic mass is 32.1. The number of hydrogen-bond acceptors (Lipinski definition) is 2. The molecule has 2 aromatic heterocycles. The van der Waals surface area contributed by atoms with Crippen LogP contribution in [0.2, 0.25) is 0 Å². The molecule has 0 aliphatic carbocycles. The molecule has 3 heterocycles. The second-order valence-electron chi connectivity index (χ2n) is 15.2. The molecule has 1 aliphatic heterocycles. The van der Waals surface area contributed by atoms with Gasteiger partial charge < -0.3 is 9.30 Å². The van der Waals surface area contributed by atoms with Gasteiger partial charge >= 0.3 is 0 Å². The zero-order valence-corrected chi connectivity index (χ0v) is 33.3. The lowest BCUT2D eigenvalue weighted by Gasteiger charge is -2.40. The maximum Gasteiger partial charge on any atom is 0.188 e. The molecular formula is C54H35NOSSi. The van der Waals surface area contributed by atoms with E-state index >= 15 is 0 Å². The summed E-state index contributed by atoms with van der Waals surface area (Å²) in [5.41, 5.74) is 8.39. The van der Waals surface area contributed by atoms with Crippen molar-refractivity contribution in [1.82, 2.24) is 4.57 Å². The Balaban J connectivity index is 1.10. The second-order valence-corrected chi connectivity index (χ2v) is 20.0. The van der Waals surface area contributed by atoms with Gasteiger partial charge in [-0.2, -0.15) is 0 Å². The molecular weight excluding hydrogens is 739 g/mol. The first kappa shape index (κ1) is 33.2. The van der Waals surface area contributed by atoms with E-state index in [0.29, 0.717) is 0 Å². The Hall–Kier alpha value is -6.98. The third-order valence-electron chi connectivity index (χ3n) is 12.2. The molecule has 4 heteroatoms. The summed E-state index contributed by atoms with van der Waals surface area (Å²) >= 11 is 1.86. The fourth-order valence-electron chi connectivity index (χ4n) is 9.62. The molecule has 1 atom stereocenters.